The van der Waals surface area contributed by atoms with Crippen molar-refractivity contribution in [3.63, 3.8) is 0 Å². The Bertz CT molecular complexity index is 601. The van der Waals surface area contributed by atoms with Gasteiger partial charge in [0.2, 0.25) is 0 Å². The Morgan fingerprint density at radius 2 is 2.16 bits per heavy atom. The second kappa shape index (κ2) is 6.04. The summed E-state index contributed by atoms with van der Waals surface area (Å²) in [5.74, 6) is -1.24. The molecule has 1 aromatic heterocycles. The van der Waals surface area contributed by atoms with Crippen LogP contribution in [0, 0.1) is 5.82 Å². The van der Waals surface area contributed by atoms with Crippen molar-refractivity contribution in [2.75, 3.05) is 0 Å². The minimum atomic E-state index is -1.06. The molecule has 2 rings (SSSR count). The zero-order valence-corrected chi connectivity index (χ0v) is 11.2. The van der Waals surface area contributed by atoms with Crippen LogP contribution >= 0.6 is 23.4 Å². The number of hydrogen-bond donors (Lipinski definition) is 1. The van der Waals surface area contributed by atoms with Gasteiger partial charge in [0.25, 0.3) is 0 Å². The van der Waals surface area contributed by atoms with Gasteiger partial charge in [0.1, 0.15) is 10.8 Å². The Balaban J connectivity index is 2.22. The maximum absolute atomic E-state index is 13.6. The standard InChI is InChI=1S/C13H9ClFNO2S/c14-10-4-1-5-11(15)9(10)7-19-12-8(13(17)18)3-2-6-16-12/h1-6H,7H2,(H,17,18). The fraction of sp³-hybridized carbons (Fsp3) is 0.0769. The molecule has 0 amide bonds. The molecule has 0 atom stereocenters. The number of rotatable bonds is 4. The Morgan fingerprint density at radius 3 is 2.84 bits per heavy atom. The molecule has 2 aromatic rings. The van der Waals surface area contributed by atoms with Crippen molar-refractivity contribution in [3.8, 4) is 0 Å². The van der Waals surface area contributed by atoms with E-state index in [0.717, 1.165) is 11.8 Å². The third-order valence-corrected chi connectivity index (χ3v) is 3.80. The van der Waals surface area contributed by atoms with Crippen LogP contribution in [0.2, 0.25) is 5.02 Å². The van der Waals surface area contributed by atoms with Gasteiger partial charge in [0.05, 0.1) is 5.56 Å². The molecule has 3 nitrogen and oxygen atoms in total. The molecule has 19 heavy (non-hydrogen) atoms. The number of thioether (sulfide) groups is 1. The van der Waals surface area contributed by atoms with Crippen LogP contribution in [-0.4, -0.2) is 16.1 Å². The van der Waals surface area contributed by atoms with E-state index in [1.54, 1.807) is 12.1 Å². The lowest BCUT2D eigenvalue weighted by atomic mass is 10.2. The fourth-order valence-electron chi connectivity index (χ4n) is 1.48. The first-order valence-corrected chi connectivity index (χ1v) is 6.70. The van der Waals surface area contributed by atoms with Crippen LogP contribution in [-0.2, 0) is 5.75 Å². The fourth-order valence-corrected chi connectivity index (χ4v) is 2.81. The number of aromatic nitrogens is 1. The molecule has 1 heterocycles. The second-order valence-electron chi connectivity index (χ2n) is 3.65. The minimum Gasteiger partial charge on any atom is -0.478 e. The third kappa shape index (κ3) is 3.24. The molecule has 0 aliphatic rings. The number of nitrogens with zero attached hydrogens (tertiary/aromatic N) is 1. The van der Waals surface area contributed by atoms with Gasteiger partial charge >= 0.3 is 5.97 Å². The SMILES string of the molecule is O=C(O)c1cccnc1SCc1c(F)cccc1Cl. The minimum absolute atomic E-state index is 0.0972. The van der Waals surface area contributed by atoms with E-state index in [2.05, 4.69) is 4.98 Å². The zero-order valence-electron chi connectivity index (χ0n) is 9.64. The highest BCUT2D eigenvalue weighted by Crippen LogP contribution is 2.29. The largest absolute Gasteiger partial charge is 0.478 e. The molecule has 0 aliphatic carbocycles. The molecule has 0 fully saturated rings. The number of carboxylic acids is 1. The summed E-state index contributed by atoms with van der Waals surface area (Å²) in [6.07, 6.45) is 1.50. The lowest BCUT2D eigenvalue weighted by molar-refractivity contribution is 0.0692. The predicted molar refractivity (Wildman–Crippen MR) is 72.2 cm³/mol. The molecule has 0 unspecified atom stereocenters. The molecule has 0 radical (unpaired) electrons. The average Bonchev–Trinajstić information content (AvgIpc) is 2.38. The summed E-state index contributed by atoms with van der Waals surface area (Å²) in [5, 5.41) is 9.68. The summed E-state index contributed by atoms with van der Waals surface area (Å²) in [6.45, 7) is 0. The Morgan fingerprint density at radius 1 is 1.37 bits per heavy atom. The predicted octanol–water partition coefficient (Wildman–Crippen LogP) is 3.86. The van der Waals surface area contributed by atoms with Gasteiger partial charge in [-0.15, -0.1) is 11.8 Å². The molecule has 98 valence electrons. The Hall–Kier alpha value is -1.59. The lowest BCUT2D eigenvalue weighted by Crippen LogP contribution is -2.00. The number of pyridine rings is 1. The summed E-state index contributed by atoms with van der Waals surface area (Å²) < 4.78 is 13.6. The molecule has 0 bridgehead atoms. The smallest absolute Gasteiger partial charge is 0.338 e. The highest BCUT2D eigenvalue weighted by molar-refractivity contribution is 7.98. The van der Waals surface area contributed by atoms with Crippen molar-refractivity contribution in [3.05, 3.63) is 58.5 Å². The molecule has 0 spiro atoms. The molecule has 1 aromatic carbocycles. The van der Waals surface area contributed by atoms with Gasteiger partial charge in [-0.05, 0) is 24.3 Å². The normalized spacial score (nSPS) is 10.4. The van der Waals surface area contributed by atoms with Gasteiger partial charge in [0.15, 0.2) is 0 Å². The van der Waals surface area contributed by atoms with Crippen molar-refractivity contribution < 1.29 is 14.3 Å². The maximum atomic E-state index is 13.6. The van der Waals surface area contributed by atoms with Crippen LogP contribution in [0.5, 0.6) is 0 Å². The van der Waals surface area contributed by atoms with Gasteiger partial charge in [-0.2, -0.15) is 0 Å². The first-order chi connectivity index (χ1) is 9.09. The van der Waals surface area contributed by atoms with E-state index in [1.165, 1.54) is 24.4 Å². The van der Waals surface area contributed by atoms with Crippen LogP contribution in [0.1, 0.15) is 15.9 Å². The number of benzene rings is 1. The Kier molecular flexibility index (Phi) is 4.39. The second-order valence-corrected chi connectivity index (χ2v) is 5.02. The highest BCUT2D eigenvalue weighted by atomic mass is 35.5. The van der Waals surface area contributed by atoms with Crippen molar-refractivity contribution >= 4 is 29.3 Å². The quantitative estimate of drug-likeness (QED) is 0.871. The highest BCUT2D eigenvalue weighted by Gasteiger charge is 2.13. The van der Waals surface area contributed by atoms with E-state index in [0.29, 0.717) is 15.6 Å². The van der Waals surface area contributed by atoms with Crippen LogP contribution < -0.4 is 0 Å². The zero-order chi connectivity index (χ0) is 13.8. The van der Waals surface area contributed by atoms with Crippen molar-refractivity contribution in [1.82, 2.24) is 4.98 Å². The average molecular weight is 298 g/mol. The Labute approximate surface area is 118 Å². The number of carbonyl (C=O) groups is 1. The summed E-state index contributed by atoms with van der Waals surface area (Å²) in [6, 6.07) is 7.44. The topological polar surface area (TPSA) is 50.2 Å². The number of carboxylic acid groups (broad SMARTS) is 1. The summed E-state index contributed by atoms with van der Waals surface area (Å²) >= 11 is 7.05. The van der Waals surface area contributed by atoms with E-state index in [1.807, 2.05) is 0 Å². The van der Waals surface area contributed by atoms with E-state index in [-0.39, 0.29) is 11.3 Å². The van der Waals surface area contributed by atoms with Crippen LogP contribution in [0.4, 0.5) is 4.39 Å². The molecular formula is C13H9ClFNO2S. The van der Waals surface area contributed by atoms with Crippen LogP contribution in [0.3, 0.4) is 0 Å². The van der Waals surface area contributed by atoms with E-state index in [4.69, 9.17) is 16.7 Å². The van der Waals surface area contributed by atoms with Gasteiger partial charge in [-0.1, -0.05) is 17.7 Å². The van der Waals surface area contributed by atoms with E-state index in [9.17, 15) is 9.18 Å². The van der Waals surface area contributed by atoms with Crippen molar-refractivity contribution in [2.24, 2.45) is 0 Å². The molecule has 6 heteroatoms. The van der Waals surface area contributed by atoms with Crippen molar-refractivity contribution in [1.29, 1.82) is 0 Å². The van der Waals surface area contributed by atoms with Gasteiger partial charge in [-0.25, -0.2) is 14.2 Å². The van der Waals surface area contributed by atoms with Gasteiger partial charge in [0, 0.05) is 22.5 Å². The first-order valence-electron chi connectivity index (χ1n) is 5.33. The molecule has 0 saturated carbocycles. The number of halogens is 2. The monoisotopic (exact) mass is 297 g/mol. The van der Waals surface area contributed by atoms with Crippen molar-refractivity contribution in [2.45, 2.75) is 10.8 Å². The maximum Gasteiger partial charge on any atom is 0.338 e. The van der Waals surface area contributed by atoms with Crippen LogP contribution in [0.25, 0.3) is 0 Å². The third-order valence-electron chi connectivity index (χ3n) is 2.42. The molecular weight excluding hydrogens is 289 g/mol. The molecule has 0 saturated heterocycles. The summed E-state index contributed by atoms with van der Waals surface area (Å²) in [4.78, 5) is 15.0. The molecule has 1 N–H and O–H groups in total. The van der Waals surface area contributed by atoms with E-state index < -0.39 is 11.8 Å². The lowest BCUT2D eigenvalue weighted by Gasteiger charge is -2.07. The van der Waals surface area contributed by atoms with Gasteiger partial charge < -0.3 is 5.11 Å². The number of aromatic carboxylic acids is 1. The molecule has 0 aliphatic heterocycles. The number of hydrogen-bond acceptors (Lipinski definition) is 3. The van der Waals surface area contributed by atoms with Crippen LogP contribution in [0.15, 0.2) is 41.6 Å². The summed E-state index contributed by atoms with van der Waals surface area (Å²) in [7, 11) is 0. The summed E-state index contributed by atoms with van der Waals surface area (Å²) in [5.41, 5.74) is 0.441. The van der Waals surface area contributed by atoms with E-state index >= 15 is 0 Å². The first kappa shape index (κ1) is 13.8. The van der Waals surface area contributed by atoms with Gasteiger partial charge in [-0.3, -0.25) is 0 Å².